The van der Waals surface area contributed by atoms with Crippen molar-refractivity contribution < 1.29 is 14.3 Å². The smallest absolute Gasteiger partial charge is 0.406 e. The van der Waals surface area contributed by atoms with Crippen molar-refractivity contribution in [1.82, 2.24) is 5.32 Å². The van der Waals surface area contributed by atoms with Gasteiger partial charge in [0.1, 0.15) is 6.10 Å². The van der Waals surface area contributed by atoms with Crippen LogP contribution in [0.5, 0.6) is 0 Å². The molecule has 120 valence electrons. The van der Waals surface area contributed by atoms with Crippen LogP contribution in [0.15, 0.2) is 35.9 Å². The monoisotopic (exact) mass is 323 g/mol. The Morgan fingerprint density at radius 1 is 1.41 bits per heavy atom. The van der Waals surface area contributed by atoms with Gasteiger partial charge in [-0.25, -0.2) is 4.79 Å². The van der Waals surface area contributed by atoms with Gasteiger partial charge >= 0.3 is 6.09 Å². The molecule has 1 aliphatic carbocycles. The highest BCUT2D eigenvalue weighted by Crippen LogP contribution is 2.33. The second kappa shape index (κ2) is 8.81. The van der Waals surface area contributed by atoms with Crippen molar-refractivity contribution in [3.8, 4) is 0 Å². The van der Waals surface area contributed by atoms with Gasteiger partial charge in [0.2, 0.25) is 0 Å². The van der Waals surface area contributed by atoms with Crippen LogP contribution in [0, 0.1) is 0 Å². The van der Waals surface area contributed by atoms with E-state index in [-0.39, 0.29) is 6.10 Å². The summed E-state index contributed by atoms with van der Waals surface area (Å²) in [4.78, 5) is 11.1. The second-order valence-electron chi connectivity index (χ2n) is 5.25. The van der Waals surface area contributed by atoms with E-state index in [1.54, 1.807) is 0 Å². The first-order valence-electron chi connectivity index (χ1n) is 7.58. The largest absolute Gasteiger partial charge is 0.453 e. The third kappa shape index (κ3) is 5.04. The van der Waals surface area contributed by atoms with Crippen molar-refractivity contribution in [2.24, 2.45) is 0 Å². The fourth-order valence-corrected chi connectivity index (χ4v) is 2.79. The molecule has 5 heteroatoms. The quantitative estimate of drug-likeness (QED) is 0.628. The predicted molar refractivity (Wildman–Crippen MR) is 87.1 cm³/mol. The van der Waals surface area contributed by atoms with Gasteiger partial charge in [-0.05, 0) is 49.0 Å². The van der Waals surface area contributed by atoms with Crippen molar-refractivity contribution in [1.29, 1.82) is 0 Å². The van der Waals surface area contributed by atoms with Crippen LogP contribution in [0.25, 0.3) is 0 Å². The molecule has 1 atom stereocenters. The minimum Gasteiger partial charge on any atom is -0.453 e. The molecule has 4 nitrogen and oxygen atoms in total. The fraction of sp³-hybridized carbons (Fsp3) is 0.471. The van der Waals surface area contributed by atoms with Crippen LogP contribution < -0.4 is 5.32 Å². The Labute approximate surface area is 136 Å². The number of alkyl carbamates (subject to hydrolysis) is 1. The van der Waals surface area contributed by atoms with E-state index >= 15 is 0 Å². The maximum atomic E-state index is 11.1. The highest BCUT2D eigenvalue weighted by atomic mass is 35.5. The van der Waals surface area contributed by atoms with Gasteiger partial charge in [0.15, 0.2) is 0 Å². The summed E-state index contributed by atoms with van der Waals surface area (Å²) >= 11 is 6.10. The fourth-order valence-electron chi connectivity index (χ4n) is 2.59. The number of methoxy groups -OCH3 is 1. The number of halogens is 1. The Hall–Kier alpha value is -1.52. The molecule has 0 saturated heterocycles. The van der Waals surface area contributed by atoms with Crippen molar-refractivity contribution >= 4 is 17.7 Å². The molecule has 0 aromatic heterocycles. The molecule has 0 radical (unpaired) electrons. The minimum absolute atomic E-state index is 0.0987. The summed E-state index contributed by atoms with van der Waals surface area (Å²) in [6.07, 6.45) is 6.28. The van der Waals surface area contributed by atoms with Gasteiger partial charge in [0.25, 0.3) is 0 Å². The van der Waals surface area contributed by atoms with Gasteiger partial charge in [-0.1, -0.05) is 29.8 Å². The summed E-state index contributed by atoms with van der Waals surface area (Å²) in [5.74, 6) is 0. The number of hydrogen-bond donors (Lipinski definition) is 1. The first-order valence-corrected chi connectivity index (χ1v) is 7.96. The number of hydrogen-bond acceptors (Lipinski definition) is 3. The zero-order chi connectivity index (χ0) is 15.8. The van der Waals surface area contributed by atoms with Gasteiger partial charge in [-0.15, -0.1) is 0 Å². The number of rotatable bonds is 6. The SMILES string of the molecule is COC(=O)NCCOC(C1=CCCCC1)c1cccc(Cl)c1. The lowest BCUT2D eigenvalue weighted by Gasteiger charge is -2.24. The first kappa shape index (κ1) is 16.8. The summed E-state index contributed by atoms with van der Waals surface area (Å²) in [7, 11) is 1.35. The first-order chi connectivity index (χ1) is 10.7. The van der Waals surface area contributed by atoms with E-state index in [2.05, 4.69) is 16.1 Å². The van der Waals surface area contributed by atoms with Gasteiger partial charge < -0.3 is 14.8 Å². The second-order valence-corrected chi connectivity index (χ2v) is 5.69. The van der Waals surface area contributed by atoms with Crippen LogP contribution in [0.1, 0.15) is 37.4 Å². The van der Waals surface area contributed by atoms with Gasteiger partial charge in [0.05, 0.1) is 13.7 Å². The normalized spacial score (nSPS) is 15.8. The number of carbonyl (C=O) groups excluding carboxylic acids is 1. The summed E-state index contributed by atoms with van der Waals surface area (Å²) in [5, 5.41) is 3.33. The molecule has 1 aromatic rings. The van der Waals surface area contributed by atoms with Crippen LogP contribution in [-0.2, 0) is 9.47 Å². The Bertz CT molecular complexity index is 530. The van der Waals surface area contributed by atoms with Crippen molar-refractivity contribution in [2.45, 2.75) is 31.8 Å². The lowest BCUT2D eigenvalue weighted by Crippen LogP contribution is -2.27. The summed E-state index contributed by atoms with van der Waals surface area (Å²) in [6, 6.07) is 7.76. The number of allylic oxidation sites excluding steroid dienone is 1. The number of amides is 1. The van der Waals surface area contributed by atoms with E-state index in [4.69, 9.17) is 16.3 Å². The predicted octanol–water partition coefficient (Wildman–Crippen LogP) is 4.25. The maximum Gasteiger partial charge on any atom is 0.406 e. The highest BCUT2D eigenvalue weighted by molar-refractivity contribution is 6.30. The van der Waals surface area contributed by atoms with Crippen molar-refractivity contribution in [3.05, 3.63) is 46.5 Å². The standard InChI is InChI=1S/C17H22ClNO3/c1-21-17(20)19-10-11-22-16(13-6-3-2-4-7-13)14-8-5-9-15(18)12-14/h5-6,8-9,12,16H,2-4,7,10-11H2,1H3,(H,19,20). The summed E-state index contributed by atoms with van der Waals surface area (Å²) in [5.41, 5.74) is 2.35. The molecule has 0 heterocycles. The van der Waals surface area contributed by atoms with E-state index in [1.165, 1.54) is 25.5 Å². The topological polar surface area (TPSA) is 47.6 Å². The van der Waals surface area contributed by atoms with Crippen LogP contribution in [0.4, 0.5) is 4.79 Å². The minimum atomic E-state index is -0.445. The third-order valence-electron chi connectivity index (χ3n) is 3.66. The Balaban J connectivity index is 2.02. The molecule has 1 aromatic carbocycles. The molecule has 0 fully saturated rings. The van der Waals surface area contributed by atoms with Crippen LogP contribution in [0.2, 0.25) is 5.02 Å². The molecule has 1 amide bonds. The van der Waals surface area contributed by atoms with E-state index in [0.29, 0.717) is 18.2 Å². The zero-order valence-corrected chi connectivity index (χ0v) is 13.6. The van der Waals surface area contributed by atoms with E-state index in [0.717, 1.165) is 18.4 Å². The molecule has 1 aliphatic rings. The average molecular weight is 324 g/mol. The average Bonchev–Trinajstić information content (AvgIpc) is 2.55. The number of ether oxygens (including phenoxy) is 2. The van der Waals surface area contributed by atoms with E-state index in [9.17, 15) is 4.79 Å². The van der Waals surface area contributed by atoms with Gasteiger partial charge in [-0.3, -0.25) is 0 Å². The Morgan fingerprint density at radius 2 is 2.27 bits per heavy atom. The van der Waals surface area contributed by atoms with E-state index < -0.39 is 6.09 Å². The Morgan fingerprint density at radius 3 is 2.95 bits per heavy atom. The van der Waals surface area contributed by atoms with Gasteiger partial charge in [-0.2, -0.15) is 0 Å². The molecule has 1 N–H and O–H groups in total. The van der Waals surface area contributed by atoms with Crippen molar-refractivity contribution in [3.63, 3.8) is 0 Å². The molecule has 22 heavy (non-hydrogen) atoms. The lowest BCUT2D eigenvalue weighted by molar-refractivity contribution is 0.0746. The molecule has 2 rings (SSSR count). The highest BCUT2D eigenvalue weighted by Gasteiger charge is 2.19. The molecule has 1 unspecified atom stereocenters. The lowest BCUT2D eigenvalue weighted by atomic mass is 9.91. The van der Waals surface area contributed by atoms with Crippen LogP contribution >= 0.6 is 11.6 Å². The zero-order valence-electron chi connectivity index (χ0n) is 12.8. The van der Waals surface area contributed by atoms with E-state index in [1.807, 2.05) is 24.3 Å². The molecule has 0 aliphatic heterocycles. The third-order valence-corrected chi connectivity index (χ3v) is 3.89. The Kier molecular flexibility index (Phi) is 6.74. The summed E-state index contributed by atoms with van der Waals surface area (Å²) in [6.45, 7) is 0.834. The molecule has 0 bridgehead atoms. The van der Waals surface area contributed by atoms with Crippen LogP contribution in [0.3, 0.4) is 0 Å². The van der Waals surface area contributed by atoms with Crippen LogP contribution in [-0.4, -0.2) is 26.4 Å². The van der Waals surface area contributed by atoms with Crippen molar-refractivity contribution in [2.75, 3.05) is 20.3 Å². The number of benzene rings is 1. The molecule has 0 saturated carbocycles. The summed E-state index contributed by atoms with van der Waals surface area (Å²) < 4.78 is 10.6. The number of carbonyl (C=O) groups is 1. The molecule has 0 spiro atoms. The molecular formula is C17H22ClNO3. The number of nitrogens with one attached hydrogen (secondary N) is 1. The molecular weight excluding hydrogens is 302 g/mol. The maximum absolute atomic E-state index is 11.1. The van der Waals surface area contributed by atoms with Gasteiger partial charge in [0, 0.05) is 11.6 Å².